The molecule has 3 nitrogen and oxygen atoms in total. The molecule has 1 aliphatic heterocycles. The molecule has 126 valence electrons. The monoisotopic (exact) mass is 326 g/mol. The van der Waals surface area contributed by atoms with Crippen molar-refractivity contribution in [3.8, 4) is 0 Å². The highest BCUT2D eigenvalue weighted by Crippen LogP contribution is 2.35. The normalized spacial score (nSPS) is 16.4. The maximum atomic E-state index is 12.7. The highest BCUT2D eigenvalue weighted by Gasteiger charge is 2.29. The topological polar surface area (TPSA) is 46.3 Å². The molecule has 0 aromatic heterocycles. The molecule has 0 atom stereocenters. The second-order valence-corrected chi connectivity index (χ2v) is 5.96. The zero-order chi connectivity index (χ0) is 17.2. The Balaban J connectivity index is 2.29. The number of nitrogen functional groups attached to an aromatic ring is 1. The number of rotatable bonds is 3. The number of likely N-dealkylation sites (tertiary alicyclic amines) is 1. The van der Waals surface area contributed by atoms with Gasteiger partial charge in [-0.3, -0.25) is 4.79 Å². The minimum atomic E-state index is -4.27. The number of hydrogen-bond donors (Lipinski definition) is 1. The molecule has 0 bridgehead atoms. The van der Waals surface area contributed by atoms with Crippen LogP contribution in [0.1, 0.15) is 42.4 Å². The van der Waals surface area contributed by atoms with Crippen LogP contribution < -0.4 is 5.73 Å². The van der Waals surface area contributed by atoms with Crippen molar-refractivity contribution >= 4 is 17.7 Å². The van der Waals surface area contributed by atoms with Gasteiger partial charge in [-0.1, -0.05) is 18.7 Å². The van der Waals surface area contributed by atoms with Crippen molar-refractivity contribution in [1.82, 2.24) is 4.90 Å². The van der Waals surface area contributed by atoms with Gasteiger partial charge in [-0.25, -0.2) is 0 Å². The van der Waals surface area contributed by atoms with E-state index in [1.807, 2.05) is 0 Å². The lowest BCUT2D eigenvalue weighted by Gasteiger charge is -2.32. The van der Waals surface area contributed by atoms with Crippen molar-refractivity contribution in [2.24, 2.45) is 0 Å². The van der Waals surface area contributed by atoms with Gasteiger partial charge in [0.15, 0.2) is 0 Å². The lowest BCUT2D eigenvalue weighted by atomic mass is 9.84. The number of halogens is 3. The van der Waals surface area contributed by atoms with Crippen LogP contribution in [0.5, 0.6) is 0 Å². The van der Waals surface area contributed by atoms with Crippen molar-refractivity contribution in [1.29, 1.82) is 0 Å². The van der Waals surface area contributed by atoms with E-state index in [4.69, 9.17) is 5.73 Å². The first kappa shape index (κ1) is 17.4. The molecular weight excluding hydrogens is 305 g/mol. The molecule has 1 aromatic rings. The standard InChI is InChI=1S/C17H21F3N2O/c1-3-14-15(13-4-6-22(7-5-13)11(2)23)8-12(9-16(14)21)10-17(18,19)20/h3,8-9,13H,1,4-7,10,21H2,2H3. The number of nitrogens with zero attached hydrogens (tertiary/aromatic N) is 1. The van der Waals surface area contributed by atoms with Gasteiger partial charge in [-0.15, -0.1) is 0 Å². The van der Waals surface area contributed by atoms with Crippen LogP contribution in [0.15, 0.2) is 18.7 Å². The number of nitrogens with two attached hydrogens (primary N) is 1. The summed E-state index contributed by atoms with van der Waals surface area (Å²) in [4.78, 5) is 13.2. The summed E-state index contributed by atoms with van der Waals surface area (Å²) >= 11 is 0. The Labute approximate surface area is 134 Å². The van der Waals surface area contributed by atoms with E-state index in [1.165, 1.54) is 13.0 Å². The number of carbonyl (C=O) groups is 1. The molecule has 1 fully saturated rings. The summed E-state index contributed by atoms with van der Waals surface area (Å²) in [5.74, 6) is 0.117. The molecule has 1 aliphatic rings. The molecule has 1 amide bonds. The summed E-state index contributed by atoms with van der Waals surface area (Å²) in [5, 5.41) is 0. The quantitative estimate of drug-likeness (QED) is 0.860. The smallest absolute Gasteiger partial charge is 0.393 e. The predicted octanol–water partition coefficient (Wildman–Crippen LogP) is 3.74. The van der Waals surface area contributed by atoms with Gasteiger partial charge in [-0.2, -0.15) is 13.2 Å². The van der Waals surface area contributed by atoms with E-state index in [9.17, 15) is 18.0 Å². The zero-order valence-corrected chi connectivity index (χ0v) is 13.1. The van der Waals surface area contributed by atoms with Gasteiger partial charge in [0.05, 0.1) is 6.42 Å². The first-order valence-corrected chi connectivity index (χ1v) is 7.58. The van der Waals surface area contributed by atoms with Crippen LogP contribution >= 0.6 is 0 Å². The fourth-order valence-electron chi connectivity index (χ4n) is 3.18. The molecule has 2 rings (SSSR count). The molecule has 1 saturated heterocycles. The fraction of sp³-hybridized carbons (Fsp3) is 0.471. The second-order valence-electron chi connectivity index (χ2n) is 5.96. The number of benzene rings is 1. The van der Waals surface area contributed by atoms with Crippen molar-refractivity contribution < 1.29 is 18.0 Å². The van der Waals surface area contributed by atoms with Crippen molar-refractivity contribution in [3.05, 3.63) is 35.4 Å². The third-order valence-electron chi connectivity index (χ3n) is 4.29. The second kappa shape index (κ2) is 6.64. The summed E-state index contributed by atoms with van der Waals surface area (Å²) in [6.45, 7) is 6.48. The molecular formula is C17H21F3N2O. The van der Waals surface area contributed by atoms with E-state index in [0.717, 1.165) is 18.4 Å². The highest BCUT2D eigenvalue weighted by molar-refractivity contribution is 5.73. The van der Waals surface area contributed by atoms with Gasteiger partial charge in [-0.05, 0) is 36.0 Å². The average molecular weight is 326 g/mol. The first-order valence-electron chi connectivity index (χ1n) is 7.58. The molecule has 0 aliphatic carbocycles. The average Bonchev–Trinajstić information content (AvgIpc) is 2.45. The van der Waals surface area contributed by atoms with E-state index in [2.05, 4.69) is 6.58 Å². The van der Waals surface area contributed by atoms with Gasteiger partial charge in [0, 0.05) is 31.3 Å². The highest BCUT2D eigenvalue weighted by atomic mass is 19.4. The molecule has 2 N–H and O–H groups in total. The molecule has 0 radical (unpaired) electrons. The Morgan fingerprint density at radius 2 is 2.00 bits per heavy atom. The van der Waals surface area contributed by atoms with Crippen molar-refractivity contribution in [2.45, 2.75) is 38.3 Å². The lowest BCUT2D eigenvalue weighted by Crippen LogP contribution is -2.36. The van der Waals surface area contributed by atoms with E-state index < -0.39 is 12.6 Å². The number of anilines is 1. The molecule has 23 heavy (non-hydrogen) atoms. The molecule has 0 saturated carbocycles. The van der Waals surface area contributed by atoms with Crippen molar-refractivity contribution in [2.75, 3.05) is 18.8 Å². The van der Waals surface area contributed by atoms with Crippen molar-refractivity contribution in [3.63, 3.8) is 0 Å². The third-order valence-corrected chi connectivity index (χ3v) is 4.29. The van der Waals surface area contributed by atoms with Gasteiger partial charge in [0.2, 0.25) is 5.91 Å². The maximum absolute atomic E-state index is 12.7. The number of alkyl halides is 3. The third kappa shape index (κ3) is 4.27. The minimum absolute atomic E-state index is 0.0257. The van der Waals surface area contributed by atoms with Gasteiger partial charge in [0.25, 0.3) is 0 Å². The van der Waals surface area contributed by atoms with Gasteiger partial charge in [0.1, 0.15) is 0 Å². The zero-order valence-electron chi connectivity index (χ0n) is 13.1. The molecule has 0 unspecified atom stereocenters. The molecule has 0 spiro atoms. The van der Waals surface area contributed by atoms with E-state index >= 15 is 0 Å². The van der Waals surface area contributed by atoms with Gasteiger partial charge >= 0.3 is 6.18 Å². The van der Waals surface area contributed by atoms with E-state index in [1.54, 1.807) is 17.0 Å². The number of amides is 1. The molecule has 1 heterocycles. The number of piperidine rings is 1. The Morgan fingerprint density at radius 3 is 2.48 bits per heavy atom. The summed E-state index contributed by atoms with van der Waals surface area (Å²) < 4.78 is 38.0. The predicted molar refractivity (Wildman–Crippen MR) is 84.9 cm³/mol. The van der Waals surface area contributed by atoms with E-state index in [-0.39, 0.29) is 17.4 Å². The Bertz CT molecular complexity index is 603. The van der Waals surface area contributed by atoms with E-state index in [0.29, 0.717) is 24.3 Å². The van der Waals surface area contributed by atoms with Crippen LogP contribution in [0.2, 0.25) is 0 Å². The lowest BCUT2D eigenvalue weighted by molar-refractivity contribution is -0.130. The maximum Gasteiger partial charge on any atom is 0.393 e. The largest absolute Gasteiger partial charge is 0.398 e. The summed E-state index contributed by atoms with van der Waals surface area (Å²) in [6, 6.07) is 2.97. The Kier molecular flexibility index (Phi) is 5.02. The van der Waals surface area contributed by atoms with Crippen LogP contribution in [0.25, 0.3) is 6.08 Å². The van der Waals surface area contributed by atoms with Crippen LogP contribution in [0.3, 0.4) is 0 Å². The van der Waals surface area contributed by atoms with Crippen LogP contribution in [-0.2, 0) is 11.2 Å². The number of hydrogen-bond acceptors (Lipinski definition) is 2. The Morgan fingerprint density at radius 1 is 1.39 bits per heavy atom. The fourth-order valence-corrected chi connectivity index (χ4v) is 3.18. The summed E-state index contributed by atoms with van der Waals surface area (Å²) in [5.41, 5.74) is 7.94. The summed E-state index contributed by atoms with van der Waals surface area (Å²) in [7, 11) is 0. The van der Waals surface area contributed by atoms with Crippen LogP contribution in [0, 0.1) is 0 Å². The molecule has 6 heteroatoms. The van der Waals surface area contributed by atoms with Crippen LogP contribution in [0.4, 0.5) is 18.9 Å². The number of carbonyl (C=O) groups excluding carboxylic acids is 1. The summed E-state index contributed by atoms with van der Waals surface area (Å²) in [6.07, 6.45) is -2.23. The van der Waals surface area contributed by atoms with Gasteiger partial charge < -0.3 is 10.6 Å². The molecule has 1 aromatic carbocycles. The first-order chi connectivity index (χ1) is 10.7. The Hall–Kier alpha value is -1.98. The van der Waals surface area contributed by atoms with Crippen LogP contribution in [-0.4, -0.2) is 30.1 Å². The minimum Gasteiger partial charge on any atom is -0.398 e. The SMILES string of the molecule is C=Cc1c(N)cc(CC(F)(F)F)cc1C1CCN(C(C)=O)CC1.